The van der Waals surface area contributed by atoms with Crippen LogP contribution in [0, 0.1) is 5.82 Å². The molecule has 0 aliphatic heterocycles. The van der Waals surface area contributed by atoms with Crippen molar-refractivity contribution in [1.82, 2.24) is 10.2 Å². The summed E-state index contributed by atoms with van der Waals surface area (Å²) in [7, 11) is 0. The summed E-state index contributed by atoms with van der Waals surface area (Å²) in [5, 5.41) is 10.1. The second kappa shape index (κ2) is 7.58. The molecule has 0 bridgehead atoms. The molecule has 3 rings (SSSR count). The first kappa shape index (κ1) is 17.9. The number of carbonyl (C=O) groups excluding carboxylic acids is 1. The molecule has 1 aromatic heterocycles. The highest BCUT2D eigenvalue weighted by Gasteiger charge is 2.16. The maximum Gasteiger partial charge on any atom is 0.273 e. The number of halogens is 2. The fraction of sp³-hybridized carbons (Fsp3) is 0.158. The Bertz CT molecular complexity index is 940. The maximum atomic E-state index is 13.5. The molecule has 0 aliphatic carbocycles. The highest BCUT2D eigenvalue weighted by Crippen LogP contribution is 2.30. The lowest BCUT2D eigenvalue weighted by atomic mass is 10.1. The Morgan fingerprint density at radius 3 is 2.77 bits per heavy atom. The van der Waals surface area contributed by atoms with Crippen LogP contribution in [0.5, 0.6) is 5.75 Å². The fourth-order valence-corrected chi connectivity index (χ4v) is 2.59. The quantitative estimate of drug-likeness (QED) is 0.667. The monoisotopic (exact) mass is 373 g/mol. The minimum Gasteiger partial charge on any atom is -0.490 e. The van der Waals surface area contributed by atoms with Crippen molar-refractivity contribution in [2.45, 2.75) is 20.0 Å². The van der Waals surface area contributed by atoms with Crippen LogP contribution in [0.25, 0.3) is 11.3 Å². The van der Waals surface area contributed by atoms with E-state index in [2.05, 4.69) is 15.5 Å². The average molecular weight is 374 g/mol. The Morgan fingerprint density at radius 2 is 2.04 bits per heavy atom. The van der Waals surface area contributed by atoms with E-state index >= 15 is 0 Å². The summed E-state index contributed by atoms with van der Waals surface area (Å²) in [5.74, 6) is -0.397. The van der Waals surface area contributed by atoms with E-state index in [1.54, 1.807) is 36.4 Å². The van der Waals surface area contributed by atoms with Crippen molar-refractivity contribution >= 4 is 23.2 Å². The first-order chi connectivity index (χ1) is 12.4. The lowest BCUT2D eigenvalue weighted by Crippen LogP contribution is -2.12. The van der Waals surface area contributed by atoms with Gasteiger partial charge in [-0.3, -0.25) is 9.89 Å². The standard InChI is InChI=1S/C19H17ClFN3O2/c1-11(2)26-18-9-13(21)6-7-15(18)16-10-17(24-23-16)19(25)22-14-5-3-4-12(20)8-14/h3-11H,1-2H3,(H,22,25)(H,23,24). The zero-order valence-corrected chi connectivity index (χ0v) is 15.0. The number of benzene rings is 2. The number of aromatic nitrogens is 2. The number of carbonyl (C=O) groups is 1. The third kappa shape index (κ3) is 4.21. The summed E-state index contributed by atoms with van der Waals surface area (Å²) < 4.78 is 19.2. The Morgan fingerprint density at radius 1 is 1.23 bits per heavy atom. The smallest absolute Gasteiger partial charge is 0.273 e. The number of hydrogen-bond donors (Lipinski definition) is 2. The van der Waals surface area contributed by atoms with Crippen LogP contribution in [0.2, 0.25) is 5.02 Å². The molecule has 0 unspecified atom stereocenters. The number of nitrogens with zero attached hydrogens (tertiary/aromatic N) is 1. The van der Waals surface area contributed by atoms with Gasteiger partial charge in [0.2, 0.25) is 0 Å². The fourth-order valence-electron chi connectivity index (χ4n) is 2.40. The van der Waals surface area contributed by atoms with Crippen molar-refractivity contribution < 1.29 is 13.9 Å². The minimum atomic E-state index is -0.404. The molecular formula is C19H17ClFN3O2. The van der Waals surface area contributed by atoms with E-state index in [0.29, 0.717) is 27.7 Å². The van der Waals surface area contributed by atoms with E-state index < -0.39 is 5.82 Å². The maximum absolute atomic E-state index is 13.5. The van der Waals surface area contributed by atoms with Gasteiger partial charge in [0.15, 0.2) is 0 Å². The van der Waals surface area contributed by atoms with Crippen molar-refractivity contribution in [1.29, 1.82) is 0 Å². The molecule has 2 aromatic carbocycles. The van der Waals surface area contributed by atoms with Gasteiger partial charge in [-0.1, -0.05) is 17.7 Å². The van der Waals surface area contributed by atoms with Gasteiger partial charge in [-0.05, 0) is 50.2 Å². The number of H-pyrrole nitrogens is 1. The lowest BCUT2D eigenvalue weighted by molar-refractivity contribution is 0.102. The van der Waals surface area contributed by atoms with Crippen LogP contribution in [0.4, 0.5) is 10.1 Å². The van der Waals surface area contributed by atoms with Crippen LogP contribution in [0.3, 0.4) is 0 Å². The van der Waals surface area contributed by atoms with Gasteiger partial charge >= 0.3 is 0 Å². The minimum absolute atomic E-state index is 0.125. The zero-order chi connectivity index (χ0) is 18.7. The molecule has 26 heavy (non-hydrogen) atoms. The molecule has 5 nitrogen and oxygen atoms in total. The molecule has 0 radical (unpaired) electrons. The third-order valence-corrected chi connectivity index (χ3v) is 3.72. The van der Waals surface area contributed by atoms with E-state index in [0.717, 1.165) is 0 Å². The molecule has 1 heterocycles. The number of ether oxygens (including phenoxy) is 1. The van der Waals surface area contributed by atoms with Gasteiger partial charge in [-0.25, -0.2) is 4.39 Å². The van der Waals surface area contributed by atoms with E-state index in [1.165, 1.54) is 12.1 Å². The molecule has 1 amide bonds. The van der Waals surface area contributed by atoms with Crippen LogP contribution in [-0.4, -0.2) is 22.2 Å². The van der Waals surface area contributed by atoms with Crippen molar-refractivity contribution in [2.24, 2.45) is 0 Å². The van der Waals surface area contributed by atoms with Crippen LogP contribution in [-0.2, 0) is 0 Å². The number of nitrogens with one attached hydrogen (secondary N) is 2. The zero-order valence-electron chi connectivity index (χ0n) is 14.2. The average Bonchev–Trinajstić information content (AvgIpc) is 3.04. The van der Waals surface area contributed by atoms with Crippen LogP contribution in [0.1, 0.15) is 24.3 Å². The van der Waals surface area contributed by atoms with Gasteiger partial charge in [0, 0.05) is 22.3 Å². The van der Waals surface area contributed by atoms with Gasteiger partial charge < -0.3 is 10.1 Å². The number of amides is 1. The topological polar surface area (TPSA) is 67.0 Å². The Kier molecular flexibility index (Phi) is 5.23. The Labute approximate surface area is 155 Å². The van der Waals surface area contributed by atoms with Gasteiger partial charge in [0.1, 0.15) is 17.3 Å². The van der Waals surface area contributed by atoms with Crippen molar-refractivity contribution in [2.75, 3.05) is 5.32 Å². The Balaban J connectivity index is 1.85. The third-order valence-electron chi connectivity index (χ3n) is 3.49. The molecule has 0 spiro atoms. The second-order valence-electron chi connectivity index (χ2n) is 5.94. The van der Waals surface area contributed by atoms with Crippen LogP contribution in [0.15, 0.2) is 48.5 Å². The molecule has 3 aromatic rings. The summed E-state index contributed by atoms with van der Waals surface area (Å²) in [4.78, 5) is 12.4. The normalized spacial score (nSPS) is 10.8. The van der Waals surface area contributed by atoms with Gasteiger partial charge in [0.05, 0.1) is 11.8 Å². The molecular weight excluding hydrogens is 357 g/mol. The second-order valence-corrected chi connectivity index (χ2v) is 6.37. The van der Waals surface area contributed by atoms with Gasteiger partial charge in [-0.2, -0.15) is 5.10 Å². The summed E-state index contributed by atoms with van der Waals surface area (Å²) in [6.45, 7) is 3.70. The van der Waals surface area contributed by atoms with Gasteiger partial charge in [0.25, 0.3) is 5.91 Å². The van der Waals surface area contributed by atoms with E-state index in [-0.39, 0.29) is 17.7 Å². The number of anilines is 1. The molecule has 0 saturated heterocycles. The van der Waals surface area contributed by atoms with Crippen molar-refractivity contribution in [3.8, 4) is 17.0 Å². The lowest BCUT2D eigenvalue weighted by Gasteiger charge is -2.13. The van der Waals surface area contributed by atoms with Crippen LogP contribution >= 0.6 is 11.6 Å². The highest BCUT2D eigenvalue weighted by atomic mass is 35.5. The predicted molar refractivity (Wildman–Crippen MR) is 99.2 cm³/mol. The van der Waals surface area contributed by atoms with E-state index in [1.807, 2.05) is 13.8 Å². The molecule has 2 N–H and O–H groups in total. The van der Waals surface area contributed by atoms with Crippen molar-refractivity contribution in [3.63, 3.8) is 0 Å². The molecule has 0 saturated carbocycles. The highest BCUT2D eigenvalue weighted by molar-refractivity contribution is 6.30. The van der Waals surface area contributed by atoms with Gasteiger partial charge in [-0.15, -0.1) is 0 Å². The van der Waals surface area contributed by atoms with Crippen molar-refractivity contribution in [3.05, 3.63) is 65.1 Å². The van der Waals surface area contributed by atoms with Crippen LogP contribution < -0.4 is 10.1 Å². The molecule has 0 atom stereocenters. The van der Waals surface area contributed by atoms with E-state index in [9.17, 15) is 9.18 Å². The molecule has 134 valence electrons. The SMILES string of the molecule is CC(C)Oc1cc(F)ccc1-c1cc(C(=O)Nc2cccc(Cl)c2)[nH]n1. The largest absolute Gasteiger partial charge is 0.490 e. The molecule has 0 aliphatic rings. The molecule has 0 fully saturated rings. The first-order valence-corrected chi connectivity index (χ1v) is 8.39. The number of aromatic amines is 1. The number of hydrogen-bond acceptors (Lipinski definition) is 3. The molecule has 7 heteroatoms. The van der Waals surface area contributed by atoms with E-state index in [4.69, 9.17) is 16.3 Å². The summed E-state index contributed by atoms with van der Waals surface area (Å²) >= 11 is 5.91. The Hall–Kier alpha value is -2.86. The summed E-state index contributed by atoms with van der Waals surface area (Å²) in [6, 6.07) is 12.6. The summed E-state index contributed by atoms with van der Waals surface area (Å²) in [6.07, 6.45) is -0.125. The number of rotatable bonds is 5. The predicted octanol–water partition coefficient (Wildman–Crippen LogP) is 4.91. The summed E-state index contributed by atoms with van der Waals surface area (Å²) in [5.41, 5.74) is 1.92. The first-order valence-electron chi connectivity index (χ1n) is 8.01.